The second kappa shape index (κ2) is 5.19. The molecule has 1 aliphatic heterocycles. The number of nitrogens with two attached hydrogens (primary N) is 1. The number of quaternary nitrogens is 1. The lowest BCUT2D eigenvalue weighted by Crippen LogP contribution is -2.88. The summed E-state index contributed by atoms with van der Waals surface area (Å²) in [5.41, 5.74) is 0. The van der Waals surface area contributed by atoms with Gasteiger partial charge in [0.05, 0.1) is 0 Å². The van der Waals surface area contributed by atoms with Gasteiger partial charge in [0.1, 0.15) is 12.6 Å². The summed E-state index contributed by atoms with van der Waals surface area (Å²) in [5.74, 6) is 0.165. The maximum absolute atomic E-state index is 11.2. The minimum atomic E-state index is 0.165. The van der Waals surface area contributed by atoms with Crippen LogP contribution >= 0.6 is 0 Å². The molecule has 0 aromatic rings. The normalized spacial score (nSPS) is 21.8. The van der Waals surface area contributed by atoms with Crippen molar-refractivity contribution in [2.45, 2.75) is 18.9 Å². The van der Waals surface area contributed by atoms with Crippen LogP contribution in [0.3, 0.4) is 0 Å². The van der Waals surface area contributed by atoms with Crippen LogP contribution in [-0.2, 0) is 9.53 Å². The molecule has 0 radical (unpaired) electrons. The van der Waals surface area contributed by atoms with Gasteiger partial charge in [0.2, 0.25) is 0 Å². The van der Waals surface area contributed by atoms with E-state index in [9.17, 15) is 4.79 Å². The monoisotopic (exact) mass is 187 g/mol. The van der Waals surface area contributed by atoms with Crippen LogP contribution in [0.1, 0.15) is 12.8 Å². The first kappa shape index (κ1) is 10.5. The molecule has 2 N–H and O–H groups in total. The molecule has 1 amide bonds. The molecule has 0 aromatic heterocycles. The van der Waals surface area contributed by atoms with E-state index >= 15 is 0 Å². The van der Waals surface area contributed by atoms with Crippen LogP contribution in [0.15, 0.2) is 0 Å². The third kappa shape index (κ3) is 3.74. The van der Waals surface area contributed by atoms with Gasteiger partial charge in [-0.3, -0.25) is 4.79 Å². The summed E-state index contributed by atoms with van der Waals surface area (Å²) in [7, 11) is 3.56. The lowest BCUT2D eigenvalue weighted by molar-refractivity contribution is -0.650. The molecule has 1 heterocycles. The Labute approximate surface area is 79.2 Å². The van der Waals surface area contributed by atoms with E-state index in [-0.39, 0.29) is 5.91 Å². The molecule has 1 saturated heterocycles. The predicted molar refractivity (Wildman–Crippen MR) is 49.3 cm³/mol. The molecular weight excluding hydrogens is 168 g/mol. The second-order valence-electron chi connectivity index (χ2n) is 3.65. The van der Waals surface area contributed by atoms with Crippen LogP contribution in [0.2, 0.25) is 0 Å². The lowest BCUT2D eigenvalue weighted by Gasteiger charge is -2.10. The van der Waals surface area contributed by atoms with Crippen LogP contribution in [0.5, 0.6) is 0 Å². The Bertz CT molecular complexity index is 165. The molecule has 4 heteroatoms. The highest BCUT2D eigenvalue weighted by Crippen LogP contribution is 2.08. The average molecular weight is 187 g/mol. The van der Waals surface area contributed by atoms with Gasteiger partial charge in [-0.05, 0) is 12.8 Å². The Morgan fingerprint density at radius 2 is 2.38 bits per heavy atom. The van der Waals surface area contributed by atoms with Crippen molar-refractivity contribution in [3.05, 3.63) is 0 Å². The summed E-state index contributed by atoms with van der Waals surface area (Å²) in [5, 5.41) is 2.03. The molecule has 13 heavy (non-hydrogen) atoms. The van der Waals surface area contributed by atoms with Crippen molar-refractivity contribution in [1.82, 2.24) is 4.90 Å². The fourth-order valence-corrected chi connectivity index (χ4v) is 1.41. The van der Waals surface area contributed by atoms with Gasteiger partial charge in [0.15, 0.2) is 6.54 Å². The highest BCUT2D eigenvalue weighted by Gasteiger charge is 2.17. The van der Waals surface area contributed by atoms with Gasteiger partial charge in [0.25, 0.3) is 5.91 Å². The third-order valence-corrected chi connectivity index (χ3v) is 2.27. The van der Waals surface area contributed by atoms with Crippen LogP contribution in [0.4, 0.5) is 0 Å². The minimum absolute atomic E-state index is 0.165. The summed E-state index contributed by atoms with van der Waals surface area (Å²) >= 11 is 0. The summed E-state index contributed by atoms with van der Waals surface area (Å²) < 4.78 is 5.44. The van der Waals surface area contributed by atoms with Gasteiger partial charge in [-0.1, -0.05) is 0 Å². The molecule has 0 unspecified atom stereocenters. The van der Waals surface area contributed by atoms with Crippen molar-refractivity contribution in [2.75, 3.05) is 33.8 Å². The summed E-state index contributed by atoms with van der Waals surface area (Å²) in [6.45, 7) is 2.34. The Morgan fingerprint density at radius 3 is 2.92 bits per heavy atom. The van der Waals surface area contributed by atoms with Crippen molar-refractivity contribution in [2.24, 2.45) is 0 Å². The lowest BCUT2D eigenvalue weighted by atomic mass is 10.2. The van der Waals surface area contributed by atoms with E-state index in [1.807, 2.05) is 5.32 Å². The molecule has 1 fully saturated rings. The SMILES string of the molecule is CN(C)C(=O)C[NH2+]C[C@@H]1CCCO1. The molecule has 4 nitrogen and oxygen atoms in total. The van der Waals surface area contributed by atoms with Gasteiger partial charge in [-0.15, -0.1) is 0 Å². The number of likely N-dealkylation sites (N-methyl/N-ethyl adjacent to an activating group) is 1. The van der Waals surface area contributed by atoms with Crippen LogP contribution in [-0.4, -0.2) is 50.7 Å². The molecule has 1 rings (SSSR count). The molecule has 1 atom stereocenters. The van der Waals surface area contributed by atoms with E-state index in [1.165, 1.54) is 6.42 Å². The van der Waals surface area contributed by atoms with Gasteiger partial charge in [-0.2, -0.15) is 0 Å². The fraction of sp³-hybridized carbons (Fsp3) is 0.889. The standard InChI is InChI=1S/C9H18N2O2/c1-11(2)9(12)7-10-6-8-4-3-5-13-8/h8,10H,3-7H2,1-2H3/p+1/t8-/m0/s1. The van der Waals surface area contributed by atoms with E-state index in [4.69, 9.17) is 4.74 Å². The zero-order chi connectivity index (χ0) is 9.68. The van der Waals surface area contributed by atoms with Crippen molar-refractivity contribution in [3.63, 3.8) is 0 Å². The molecule has 1 aliphatic rings. The highest BCUT2D eigenvalue weighted by molar-refractivity contribution is 5.76. The average Bonchev–Trinajstić information content (AvgIpc) is 2.56. The molecule has 76 valence electrons. The zero-order valence-electron chi connectivity index (χ0n) is 8.45. The summed E-state index contributed by atoms with van der Waals surface area (Å²) in [6.07, 6.45) is 2.68. The molecule has 0 aromatic carbocycles. The quantitative estimate of drug-likeness (QED) is 0.602. The summed E-state index contributed by atoms with van der Waals surface area (Å²) in [6, 6.07) is 0. The second-order valence-corrected chi connectivity index (χ2v) is 3.65. The van der Waals surface area contributed by atoms with E-state index in [0.29, 0.717) is 12.6 Å². The van der Waals surface area contributed by atoms with E-state index in [1.54, 1.807) is 19.0 Å². The third-order valence-electron chi connectivity index (χ3n) is 2.27. The molecular formula is C9H19N2O2+. The van der Waals surface area contributed by atoms with E-state index < -0.39 is 0 Å². The fourth-order valence-electron chi connectivity index (χ4n) is 1.41. The van der Waals surface area contributed by atoms with Gasteiger partial charge in [-0.25, -0.2) is 0 Å². The predicted octanol–water partition coefficient (Wildman–Crippen LogP) is -1.18. The van der Waals surface area contributed by atoms with Crippen molar-refractivity contribution >= 4 is 5.91 Å². The molecule has 0 bridgehead atoms. The topological polar surface area (TPSA) is 46.2 Å². The van der Waals surface area contributed by atoms with Crippen LogP contribution < -0.4 is 5.32 Å². The zero-order valence-corrected chi connectivity index (χ0v) is 8.45. The van der Waals surface area contributed by atoms with E-state index in [2.05, 4.69) is 0 Å². The summed E-state index contributed by atoms with van der Waals surface area (Å²) in [4.78, 5) is 12.8. The van der Waals surface area contributed by atoms with Gasteiger partial charge < -0.3 is 15.0 Å². The number of ether oxygens (including phenoxy) is 1. The Morgan fingerprint density at radius 1 is 1.62 bits per heavy atom. The van der Waals surface area contributed by atoms with Gasteiger partial charge in [0, 0.05) is 20.7 Å². The first-order chi connectivity index (χ1) is 6.20. The van der Waals surface area contributed by atoms with Crippen molar-refractivity contribution < 1.29 is 14.8 Å². The Kier molecular flexibility index (Phi) is 4.18. The first-order valence-corrected chi connectivity index (χ1v) is 4.83. The minimum Gasteiger partial charge on any atom is -0.372 e. The first-order valence-electron chi connectivity index (χ1n) is 4.83. The Balaban J connectivity index is 2.03. The largest absolute Gasteiger partial charge is 0.372 e. The Hall–Kier alpha value is -0.610. The smallest absolute Gasteiger partial charge is 0.277 e. The maximum Gasteiger partial charge on any atom is 0.277 e. The van der Waals surface area contributed by atoms with Crippen LogP contribution in [0, 0.1) is 0 Å². The number of rotatable bonds is 4. The van der Waals surface area contributed by atoms with Crippen LogP contribution in [0.25, 0.3) is 0 Å². The maximum atomic E-state index is 11.2. The molecule has 0 saturated carbocycles. The number of amides is 1. The number of hydrogen-bond donors (Lipinski definition) is 1. The number of carbonyl (C=O) groups is 1. The molecule has 0 aliphatic carbocycles. The van der Waals surface area contributed by atoms with Crippen molar-refractivity contribution in [3.8, 4) is 0 Å². The van der Waals surface area contributed by atoms with E-state index in [0.717, 1.165) is 19.6 Å². The van der Waals surface area contributed by atoms with Gasteiger partial charge >= 0.3 is 0 Å². The number of nitrogens with zero attached hydrogens (tertiary/aromatic N) is 1. The van der Waals surface area contributed by atoms with Crippen molar-refractivity contribution in [1.29, 1.82) is 0 Å². The highest BCUT2D eigenvalue weighted by atomic mass is 16.5. The number of carbonyl (C=O) groups excluding carboxylic acids is 1. The molecule has 0 spiro atoms. The number of hydrogen-bond acceptors (Lipinski definition) is 2.